The molecule has 4 heteroatoms. The summed E-state index contributed by atoms with van der Waals surface area (Å²) in [5.41, 5.74) is 6.26. The van der Waals surface area contributed by atoms with Gasteiger partial charge in [0.15, 0.2) is 5.69 Å². The first-order valence-electron chi connectivity index (χ1n) is 10.2. The second-order valence-corrected chi connectivity index (χ2v) is 8.14. The summed E-state index contributed by atoms with van der Waals surface area (Å²) >= 11 is 0. The van der Waals surface area contributed by atoms with E-state index in [9.17, 15) is 0 Å². The van der Waals surface area contributed by atoms with Crippen molar-refractivity contribution < 1.29 is 0 Å². The Morgan fingerprint density at radius 3 is 2.59 bits per heavy atom. The number of rotatable bonds is 4. The molecule has 0 atom stereocenters. The Morgan fingerprint density at radius 2 is 1.79 bits per heavy atom. The van der Waals surface area contributed by atoms with Crippen LogP contribution in [0.5, 0.6) is 0 Å². The van der Waals surface area contributed by atoms with Crippen LogP contribution in [-0.2, 0) is 18.5 Å². The number of hydrogen-bond donors (Lipinski definition) is 0. The van der Waals surface area contributed by atoms with Crippen molar-refractivity contribution in [3.8, 4) is 0 Å². The smallest absolute Gasteiger partial charge is 0.187 e. The zero-order chi connectivity index (χ0) is 19.7. The van der Waals surface area contributed by atoms with Crippen molar-refractivity contribution in [3.63, 3.8) is 0 Å². The molecule has 2 aromatic carbocycles. The van der Waals surface area contributed by atoms with Gasteiger partial charge in [-0.05, 0) is 42.6 Å². The first kappa shape index (κ1) is 17.9. The number of piperidine rings is 1. The first-order chi connectivity index (χ1) is 14.3. The average Bonchev–Trinajstić information content (AvgIpc) is 3.35. The van der Waals surface area contributed by atoms with Gasteiger partial charge in [0.25, 0.3) is 0 Å². The minimum absolute atomic E-state index is 0.234. The fourth-order valence-corrected chi connectivity index (χ4v) is 4.70. The second kappa shape index (κ2) is 7.35. The molecule has 0 N–H and O–H groups in total. The molecule has 1 fully saturated rings. The van der Waals surface area contributed by atoms with Gasteiger partial charge in [0.2, 0.25) is 0 Å². The molecule has 2 heterocycles. The standard InChI is InChI=1S/C25H24N4/c1-26-22-8-6-20(7-9-22)17-29-19-27-16-23(29)18-28-14-12-25(13-15-28)11-10-21-4-2-3-5-24(21)25/h2-11,16,19H,12-15,17-18H2. The summed E-state index contributed by atoms with van der Waals surface area (Å²) < 4.78 is 2.22. The number of imidazole rings is 1. The predicted molar refractivity (Wildman–Crippen MR) is 116 cm³/mol. The van der Waals surface area contributed by atoms with Crippen LogP contribution in [0.4, 0.5) is 5.69 Å². The monoisotopic (exact) mass is 380 g/mol. The van der Waals surface area contributed by atoms with E-state index in [2.05, 4.69) is 55.7 Å². The molecule has 0 radical (unpaired) electrons. The molecule has 0 bridgehead atoms. The quantitative estimate of drug-likeness (QED) is 0.592. The van der Waals surface area contributed by atoms with Gasteiger partial charge in [-0.2, -0.15) is 0 Å². The van der Waals surface area contributed by atoms with E-state index in [1.807, 2.05) is 36.8 Å². The van der Waals surface area contributed by atoms with Crippen LogP contribution in [0.15, 0.2) is 67.1 Å². The minimum atomic E-state index is 0.234. The molecule has 3 aromatic rings. The fourth-order valence-electron chi connectivity index (χ4n) is 4.70. The van der Waals surface area contributed by atoms with Crippen molar-refractivity contribution in [1.82, 2.24) is 14.5 Å². The van der Waals surface area contributed by atoms with E-state index in [0.717, 1.165) is 26.2 Å². The highest BCUT2D eigenvalue weighted by molar-refractivity contribution is 5.65. The molecule has 0 unspecified atom stereocenters. The van der Waals surface area contributed by atoms with Gasteiger partial charge in [-0.1, -0.05) is 60.7 Å². The Balaban J connectivity index is 1.25. The number of benzene rings is 2. The largest absolute Gasteiger partial charge is 0.329 e. The fraction of sp³-hybridized carbons (Fsp3) is 0.280. The van der Waals surface area contributed by atoms with Gasteiger partial charge in [0.05, 0.1) is 18.6 Å². The summed E-state index contributed by atoms with van der Waals surface area (Å²) in [4.78, 5) is 10.4. The maximum absolute atomic E-state index is 7.09. The molecular weight excluding hydrogens is 356 g/mol. The van der Waals surface area contributed by atoms with Crippen molar-refractivity contribution in [2.75, 3.05) is 13.1 Å². The number of nitrogens with zero attached hydrogens (tertiary/aromatic N) is 4. The van der Waals surface area contributed by atoms with E-state index in [1.54, 1.807) is 0 Å². The molecule has 1 spiro atoms. The van der Waals surface area contributed by atoms with E-state index >= 15 is 0 Å². The Morgan fingerprint density at radius 1 is 1.00 bits per heavy atom. The maximum Gasteiger partial charge on any atom is 0.187 e. The third kappa shape index (κ3) is 3.39. The summed E-state index contributed by atoms with van der Waals surface area (Å²) in [6.07, 6.45) is 11.0. The molecule has 2 aliphatic rings. The first-order valence-corrected chi connectivity index (χ1v) is 10.2. The lowest BCUT2D eigenvalue weighted by Crippen LogP contribution is -2.40. The van der Waals surface area contributed by atoms with Gasteiger partial charge in [-0.15, -0.1) is 0 Å². The van der Waals surface area contributed by atoms with Crippen LogP contribution in [0.2, 0.25) is 0 Å². The minimum Gasteiger partial charge on any atom is -0.329 e. The van der Waals surface area contributed by atoms with Crippen LogP contribution in [0.25, 0.3) is 10.9 Å². The van der Waals surface area contributed by atoms with E-state index in [0.29, 0.717) is 5.69 Å². The SMILES string of the molecule is [C-]#[N+]c1ccc(Cn2cncc2CN2CCC3(C=Cc4ccccc43)CC2)cc1. The average molecular weight is 380 g/mol. The lowest BCUT2D eigenvalue weighted by molar-refractivity contribution is 0.174. The van der Waals surface area contributed by atoms with Crippen molar-refractivity contribution in [3.05, 3.63) is 101 Å². The number of likely N-dealkylation sites (tertiary alicyclic amines) is 1. The maximum atomic E-state index is 7.09. The highest BCUT2D eigenvalue weighted by Crippen LogP contribution is 2.43. The Bertz CT molecular complexity index is 1080. The number of allylic oxidation sites excluding steroid dienone is 1. The van der Waals surface area contributed by atoms with Crippen molar-refractivity contribution in [2.45, 2.75) is 31.3 Å². The van der Waals surface area contributed by atoms with Crippen LogP contribution in [0, 0.1) is 6.57 Å². The summed E-state index contributed by atoms with van der Waals surface area (Å²) in [5, 5.41) is 0. The Hall–Kier alpha value is -3.16. The molecule has 0 amide bonds. The van der Waals surface area contributed by atoms with Crippen molar-refractivity contribution in [1.29, 1.82) is 0 Å². The molecule has 1 saturated heterocycles. The summed E-state index contributed by atoms with van der Waals surface area (Å²) in [7, 11) is 0. The molecule has 29 heavy (non-hydrogen) atoms. The lowest BCUT2D eigenvalue weighted by Gasteiger charge is -2.39. The third-order valence-electron chi connectivity index (χ3n) is 6.43. The van der Waals surface area contributed by atoms with Gasteiger partial charge in [0, 0.05) is 24.7 Å². The summed E-state index contributed by atoms with van der Waals surface area (Å²) in [5.74, 6) is 0. The molecule has 4 nitrogen and oxygen atoms in total. The molecule has 0 saturated carbocycles. The summed E-state index contributed by atoms with van der Waals surface area (Å²) in [6, 6.07) is 16.7. The number of fused-ring (bicyclic) bond motifs is 2. The predicted octanol–water partition coefficient (Wildman–Crippen LogP) is 5.04. The lowest BCUT2D eigenvalue weighted by atomic mass is 9.74. The van der Waals surface area contributed by atoms with E-state index < -0.39 is 0 Å². The van der Waals surface area contributed by atoms with Crippen molar-refractivity contribution >= 4 is 11.8 Å². The highest BCUT2D eigenvalue weighted by atomic mass is 15.2. The zero-order valence-corrected chi connectivity index (χ0v) is 16.5. The molecule has 1 aromatic heterocycles. The van der Waals surface area contributed by atoms with Crippen LogP contribution in [0.1, 0.15) is 35.2 Å². The molecular formula is C25H24N4. The zero-order valence-electron chi connectivity index (χ0n) is 16.5. The van der Waals surface area contributed by atoms with Gasteiger partial charge in [-0.3, -0.25) is 4.90 Å². The van der Waals surface area contributed by atoms with Crippen LogP contribution in [0.3, 0.4) is 0 Å². The van der Waals surface area contributed by atoms with Crippen LogP contribution >= 0.6 is 0 Å². The molecule has 5 rings (SSSR count). The molecule has 144 valence electrons. The third-order valence-corrected chi connectivity index (χ3v) is 6.43. The van der Waals surface area contributed by atoms with Gasteiger partial charge >= 0.3 is 0 Å². The Labute approximate surface area is 171 Å². The summed E-state index contributed by atoms with van der Waals surface area (Å²) in [6.45, 7) is 11.0. The van der Waals surface area contributed by atoms with Gasteiger partial charge < -0.3 is 4.57 Å². The van der Waals surface area contributed by atoms with Crippen molar-refractivity contribution in [2.24, 2.45) is 0 Å². The Kier molecular flexibility index (Phi) is 4.54. The highest BCUT2D eigenvalue weighted by Gasteiger charge is 2.37. The van der Waals surface area contributed by atoms with Crippen LogP contribution < -0.4 is 0 Å². The second-order valence-electron chi connectivity index (χ2n) is 8.14. The van der Waals surface area contributed by atoms with Gasteiger partial charge in [0.1, 0.15) is 0 Å². The van der Waals surface area contributed by atoms with E-state index in [-0.39, 0.29) is 5.41 Å². The molecule has 1 aliphatic carbocycles. The van der Waals surface area contributed by atoms with E-state index in [1.165, 1.54) is 35.2 Å². The van der Waals surface area contributed by atoms with Crippen LogP contribution in [-0.4, -0.2) is 27.5 Å². The normalized spacial score (nSPS) is 17.3. The number of aromatic nitrogens is 2. The number of hydrogen-bond acceptors (Lipinski definition) is 2. The van der Waals surface area contributed by atoms with Gasteiger partial charge in [-0.25, -0.2) is 9.83 Å². The topological polar surface area (TPSA) is 25.4 Å². The van der Waals surface area contributed by atoms with E-state index in [4.69, 9.17) is 6.57 Å². The molecule has 1 aliphatic heterocycles.